The lowest BCUT2D eigenvalue weighted by molar-refractivity contribution is 0.217. The predicted octanol–water partition coefficient (Wildman–Crippen LogP) is 2.85. The second-order valence-corrected chi connectivity index (χ2v) is 8.98. The van der Waals surface area contributed by atoms with Crippen molar-refractivity contribution in [2.75, 3.05) is 6.16 Å². The van der Waals surface area contributed by atoms with E-state index in [9.17, 15) is 9.67 Å². The van der Waals surface area contributed by atoms with E-state index in [-0.39, 0.29) is 5.16 Å². The van der Waals surface area contributed by atoms with Crippen molar-refractivity contribution in [2.24, 2.45) is 0 Å². The van der Waals surface area contributed by atoms with Crippen LogP contribution < -0.4 is 5.30 Å². The van der Waals surface area contributed by atoms with Gasteiger partial charge in [0, 0.05) is 16.6 Å². The van der Waals surface area contributed by atoms with Crippen molar-refractivity contribution in [2.45, 2.75) is 39.0 Å². The maximum absolute atomic E-state index is 13.1. The molecule has 16 heavy (non-hydrogen) atoms. The quantitative estimate of drug-likeness (QED) is 0.825. The molecule has 2 nitrogen and oxygen atoms in total. The van der Waals surface area contributed by atoms with E-state index in [2.05, 4.69) is 0 Å². The molecule has 1 aromatic rings. The smallest absolute Gasteiger partial charge is 0.123 e. The van der Waals surface area contributed by atoms with Gasteiger partial charge >= 0.3 is 0 Å². The summed E-state index contributed by atoms with van der Waals surface area (Å²) in [6.07, 6.45) is -0.189. The lowest BCUT2D eigenvalue weighted by atomic mass is 10.3. The van der Waals surface area contributed by atoms with E-state index >= 15 is 0 Å². The van der Waals surface area contributed by atoms with Crippen molar-refractivity contribution in [1.82, 2.24) is 0 Å². The Kier molecular flexibility index (Phi) is 3.98. The van der Waals surface area contributed by atoms with Gasteiger partial charge in [-0.05, 0) is 6.92 Å². The first-order valence-electron chi connectivity index (χ1n) is 5.60. The van der Waals surface area contributed by atoms with Crippen LogP contribution in [0.5, 0.6) is 0 Å². The molecular weight excluding hydrogens is 219 g/mol. The monoisotopic (exact) mass is 240 g/mol. The minimum absolute atomic E-state index is 0.314. The highest BCUT2D eigenvalue weighted by Crippen LogP contribution is 2.56. The van der Waals surface area contributed by atoms with Crippen LogP contribution in [0.3, 0.4) is 0 Å². The fourth-order valence-electron chi connectivity index (χ4n) is 1.81. The average molecular weight is 240 g/mol. The molecular formula is C13H21O2P. The minimum Gasteiger partial charge on any atom is -0.393 e. The Morgan fingerprint density at radius 2 is 1.75 bits per heavy atom. The van der Waals surface area contributed by atoms with Gasteiger partial charge in [0.15, 0.2) is 0 Å². The molecule has 0 aromatic heterocycles. The second-order valence-electron chi connectivity index (χ2n) is 5.28. The molecule has 90 valence electrons. The summed E-state index contributed by atoms with van der Waals surface area (Å²) in [6.45, 7) is 7.62. The number of aliphatic hydroxyl groups excluding tert-OH is 1. The Morgan fingerprint density at radius 3 is 2.12 bits per heavy atom. The molecule has 0 spiro atoms. The van der Waals surface area contributed by atoms with Crippen molar-refractivity contribution < 1.29 is 9.67 Å². The van der Waals surface area contributed by atoms with Gasteiger partial charge in [-0.1, -0.05) is 51.1 Å². The Bertz CT molecular complexity index is 377. The molecule has 1 N–H and O–H groups in total. The van der Waals surface area contributed by atoms with Gasteiger partial charge < -0.3 is 9.67 Å². The molecule has 0 saturated heterocycles. The van der Waals surface area contributed by atoms with Gasteiger partial charge in [-0.3, -0.25) is 0 Å². The zero-order valence-electron chi connectivity index (χ0n) is 10.5. The third kappa shape index (κ3) is 2.75. The number of aliphatic hydroxyl groups is 1. The molecule has 0 bridgehead atoms. The fourth-order valence-corrected chi connectivity index (χ4v) is 4.74. The number of hydrogen-bond donors (Lipinski definition) is 1. The molecule has 1 rings (SSSR count). The number of benzene rings is 1. The van der Waals surface area contributed by atoms with E-state index < -0.39 is 13.2 Å². The maximum Gasteiger partial charge on any atom is 0.123 e. The zero-order chi connectivity index (χ0) is 12.4. The summed E-state index contributed by atoms with van der Waals surface area (Å²) in [5.41, 5.74) is 0. The first-order chi connectivity index (χ1) is 7.27. The molecule has 0 fully saturated rings. The molecule has 0 aliphatic carbocycles. The third-order valence-electron chi connectivity index (χ3n) is 2.78. The molecule has 0 saturated carbocycles. The zero-order valence-corrected chi connectivity index (χ0v) is 11.4. The van der Waals surface area contributed by atoms with Crippen molar-refractivity contribution in [3.8, 4) is 0 Å². The summed E-state index contributed by atoms with van der Waals surface area (Å²) < 4.78 is 13.1. The largest absolute Gasteiger partial charge is 0.393 e. The SMILES string of the molecule is C[C@@H](O)C[P@](=O)(c1ccccc1)C(C)(C)C. The van der Waals surface area contributed by atoms with Crippen molar-refractivity contribution >= 4 is 12.4 Å². The van der Waals surface area contributed by atoms with Gasteiger partial charge in [-0.25, -0.2) is 0 Å². The van der Waals surface area contributed by atoms with Gasteiger partial charge in [0.2, 0.25) is 0 Å². The molecule has 0 aliphatic heterocycles. The van der Waals surface area contributed by atoms with Crippen LogP contribution in [0, 0.1) is 0 Å². The predicted molar refractivity (Wildman–Crippen MR) is 70.0 cm³/mol. The van der Waals surface area contributed by atoms with Crippen LogP contribution in [0.4, 0.5) is 0 Å². The van der Waals surface area contributed by atoms with E-state index in [1.54, 1.807) is 6.92 Å². The first-order valence-corrected chi connectivity index (χ1v) is 7.49. The van der Waals surface area contributed by atoms with Gasteiger partial charge in [0.1, 0.15) is 7.14 Å². The van der Waals surface area contributed by atoms with Crippen molar-refractivity contribution in [3.05, 3.63) is 30.3 Å². The fraction of sp³-hybridized carbons (Fsp3) is 0.538. The Morgan fingerprint density at radius 1 is 1.25 bits per heavy atom. The standard InChI is InChI=1S/C13H21O2P/c1-11(14)10-16(15,13(2,3)4)12-8-6-5-7-9-12/h5-9,11,14H,10H2,1-4H3/t11-,16+/m1/s1. The van der Waals surface area contributed by atoms with E-state index in [1.807, 2.05) is 51.1 Å². The highest BCUT2D eigenvalue weighted by atomic mass is 31.2. The van der Waals surface area contributed by atoms with Gasteiger partial charge in [0.25, 0.3) is 0 Å². The Labute approximate surface area is 98.1 Å². The summed E-state index contributed by atoms with van der Waals surface area (Å²) in [4.78, 5) is 0. The van der Waals surface area contributed by atoms with Crippen molar-refractivity contribution in [1.29, 1.82) is 0 Å². The van der Waals surface area contributed by atoms with Gasteiger partial charge in [-0.2, -0.15) is 0 Å². The molecule has 0 heterocycles. The third-order valence-corrected chi connectivity index (χ3v) is 7.12. The summed E-state index contributed by atoms with van der Waals surface area (Å²) in [5.74, 6) is 0. The van der Waals surface area contributed by atoms with Crippen molar-refractivity contribution in [3.63, 3.8) is 0 Å². The summed E-state index contributed by atoms with van der Waals surface area (Å²) in [5, 5.41) is 10.1. The molecule has 0 amide bonds. The average Bonchev–Trinajstić information content (AvgIpc) is 2.16. The number of hydrogen-bond acceptors (Lipinski definition) is 2. The molecule has 2 atom stereocenters. The normalized spacial score (nSPS) is 17.8. The Hall–Kier alpha value is -0.590. The van der Waals surface area contributed by atoms with Crippen LogP contribution in [0.15, 0.2) is 30.3 Å². The lowest BCUT2D eigenvalue weighted by Crippen LogP contribution is -2.28. The number of rotatable bonds is 3. The summed E-state index contributed by atoms with van der Waals surface area (Å²) in [7, 11) is -2.56. The van der Waals surface area contributed by atoms with Crippen LogP contribution >= 0.6 is 7.14 Å². The van der Waals surface area contributed by atoms with E-state index in [0.717, 1.165) is 5.30 Å². The van der Waals surface area contributed by atoms with Crippen LogP contribution in [-0.2, 0) is 4.57 Å². The molecule has 0 unspecified atom stereocenters. The highest BCUT2D eigenvalue weighted by molar-refractivity contribution is 7.73. The molecule has 1 aromatic carbocycles. The highest BCUT2D eigenvalue weighted by Gasteiger charge is 2.38. The van der Waals surface area contributed by atoms with Gasteiger partial charge in [0.05, 0.1) is 6.10 Å². The van der Waals surface area contributed by atoms with E-state index in [1.165, 1.54) is 0 Å². The maximum atomic E-state index is 13.1. The summed E-state index contributed by atoms with van der Waals surface area (Å²) in [6, 6.07) is 9.51. The Balaban J connectivity index is 3.22. The molecule has 0 radical (unpaired) electrons. The van der Waals surface area contributed by atoms with Crippen LogP contribution in [0.25, 0.3) is 0 Å². The van der Waals surface area contributed by atoms with E-state index in [0.29, 0.717) is 6.16 Å². The van der Waals surface area contributed by atoms with Gasteiger partial charge in [-0.15, -0.1) is 0 Å². The summed E-state index contributed by atoms with van der Waals surface area (Å²) >= 11 is 0. The lowest BCUT2D eigenvalue weighted by Gasteiger charge is -2.32. The second kappa shape index (κ2) is 4.73. The van der Waals surface area contributed by atoms with E-state index in [4.69, 9.17) is 0 Å². The molecule has 3 heteroatoms. The van der Waals surface area contributed by atoms with Crippen LogP contribution in [-0.4, -0.2) is 22.5 Å². The molecule has 0 aliphatic rings. The topological polar surface area (TPSA) is 37.3 Å². The first kappa shape index (κ1) is 13.5. The van der Waals surface area contributed by atoms with Crippen LogP contribution in [0.2, 0.25) is 0 Å². The van der Waals surface area contributed by atoms with Crippen LogP contribution in [0.1, 0.15) is 27.7 Å². The minimum atomic E-state index is -2.56.